The summed E-state index contributed by atoms with van der Waals surface area (Å²) in [6.07, 6.45) is -0.223. The first-order valence-electron chi connectivity index (χ1n) is 11.2. The molecule has 1 fully saturated rings. The largest absolute Gasteiger partial charge is 0.504 e. The number of carbonyl (C=O) groups excluding carboxylic acids is 3. The molecule has 1 saturated carbocycles. The van der Waals surface area contributed by atoms with E-state index in [1.165, 1.54) is 50.6 Å². The van der Waals surface area contributed by atoms with Crippen molar-refractivity contribution in [3.05, 3.63) is 47.5 Å². The SMILES string of the molecule is COC(=O)[C@@]1(O)C[C@H](C(=O)c2cc(OC)c(O)c(OC)c2)[C@H](O)[C@H](C(=O)/C=C/c2ccc(O)c(O)c2)C1. The van der Waals surface area contributed by atoms with Crippen molar-refractivity contribution in [2.45, 2.75) is 24.5 Å². The molecule has 0 aliphatic heterocycles. The third-order valence-electron chi connectivity index (χ3n) is 6.41. The Labute approximate surface area is 212 Å². The van der Waals surface area contributed by atoms with Crippen LogP contribution < -0.4 is 9.47 Å². The predicted molar refractivity (Wildman–Crippen MR) is 129 cm³/mol. The standard InChI is InChI=1S/C26H28O11/c1-35-20-9-14(10-21(36-2)24(20)32)22(30)16-12-26(34,25(33)37-3)11-15(23(16)31)17(27)6-4-13-5-7-18(28)19(29)8-13/h4-10,15-16,23,28-29,31-32,34H,11-12H2,1-3H3/b6-4+/t15-,16+,23+,26-/m0/s1. The normalized spacial score (nSPS) is 23.4. The van der Waals surface area contributed by atoms with Gasteiger partial charge in [0.1, 0.15) is 0 Å². The zero-order chi connectivity index (χ0) is 27.5. The monoisotopic (exact) mass is 516 g/mol. The van der Waals surface area contributed by atoms with Gasteiger partial charge in [-0.1, -0.05) is 12.1 Å². The number of carbonyl (C=O) groups is 3. The van der Waals surface area contributed by atoms with E-state index in [1.54, 1.807) is 0 Å². The maximum Gasteiger partial charge on any atom is 0.337 e. The average Bonchev–Trinajstić information content (AvgIpc) is 2.89. The molecule has 0 amide bonds. The number of methoxy groups -OCH3 is 3. The van der Waals surface area contributed by atoms with Gasteiger partial charge in [-0.3, -0.25) is 9.59 Å². The lowest BCUT2D eigenvalue weighted by molar-refractivity contribution is -0.174. The van der Waals surface area contributed by atoms with Crippen LogP contribution in [0.1, 0.15) is 28.8 Å². The number of ketones is 2. The summed E-state index contributed by atoms with van der Waals surface area (Å²) in [5.74, 6) is -6.52. The lowest BCUT2D eigenvalue weighted by Gasteiger charge is -2.41. The van der Waals surface area contributed by atoms with E-state index in [1.807, 2.05) is 0 Å². The van der Waals surface area contributed by atoms with Gasteiger partial charge in [0.05, 0.1) is 39.3 Å². The van der Waals surface area contributed by atoms with E-state index < -0.39 is 59.7 Å². The second-order valence-electron chi connectivity index (χ2n) is 8.71. The average molecular weight is 516 g/mol. The van der Waals surface area contributed by atoms with Crippen LogP contribution in [0, 0.1) is 11.8 Å². The first-order chi connectivity index (χ1) is 17.4. The maximum absolute atomic E-state index is 13.5. The summed E-state index contributed by atoms with van der Waals surface area (Å²) in [7, 11) is 3.58. The summed E-state index contributed by atoms with van der Waals surface area (Å²) in [5, 5.41) is 51.4. The smallest absolute Gasteiger partial charge is 0.337 e. The number of aromatic hydroxyl groups is 3. The molecule has 0 radical (unpaired) electrons. The molecule has 2 aromatic rings. The van der Waals surface area contributed by atoms with Crippen LogP contribution in [0.3, 0.4) is 0 Å². The Kier molecular flexibility index (Phi) is 8.09. The number of hydrogen-bond acceptors (Lipinski definition) is 11. The number of hydrogen-bond donors (Lipinski definition) is 5. The number of esters is 1. The van der Waals surface area contributed by atoms with Gasteiger partial charge >= 0.3 is 5.97 Å². The van der Waals surface area contributed by atoms with Gasteiger partial charge in [0.2, 0.25) is 5.75 Å². The molecular weight excluding hydrogens is 488 g/mol. The zero-order valence-corrected chi connectivity index (χ0v) is 20.4. The number of benzene rings is 2. The zero-order valence-electron chi connectivity index (χ0n) is 20.4. The van der Waals surface area contributed by atoms with E-state index in [9.17, 15) is 39.9 Å². The van der Waals surface area contributed by atoms with Crippen molar-refractivity contribution < 1.29 is 54.1 Å². The number of allylic oxidation sites excluding steroid dienone is 1. The van der Waals surface area contributed by atoms with Crippen molar-refractivity contribution in [3.63, 3.8) is 0 Å². The fourth-order valence-electron chi connectivity index (χ4n) is 4.40. The summed E-state index contributed by atoms with van der Waals surface area (Å²) in [4.78, 5) is 39.0. The minimum atomic E-state index is -2.25. The Morgan fingerprint density at radius 2 is 1.51 bits per heavy atom. The van der Waals surface area contributed by atoms with Crippen LogP contribution in [0.5, 0.6) is 28.7 Å². The van der Waals surface area contributed by atoms with Gasteiger partial charge in [-0.2, -0.15) is 0 Å². The van der Waals surface area contributed by atoms with Gasteiger partial charge in [0.25, 0.3) is 0 Å². The van der Waals surface area contributed by atoms with Crippen molar-refractivity contribution in [1.82, 2.24) is 0 Å². The van der Waals surface area contributed by atoms with Gasteiger partial charge in [-0.15, -0.1) is 0 Å². The highest BCUT2D eigenvalue weighted by Crippen LogP contribution is 2.42. The minimum absolute atomic E-state index is 0.0500. The Bertz CT molecular complexity index is 1210. The molecule has 11 nitrogen and oxygen atoms in total. The first-order valence-corrected chi connectivity index (χ1v) is 11.2. The predicted octanol–water partition coefficient (Wildman–Crippen LogP) is 1.58. The number of phenols is 3. The van der Waals surface area contributed by atoms with Crippen LogP contribution in [-0.2, 0) is 14.3 Å². The topological polar surface area (TPSA) is 180 Å². The summed E-state index contributed by atoms with van der Waals surface area (Å²) >= 11 is 0. The van der Waals surface area contributed by atoms with E-state index in [0.717, 1.165) is 13.2 Å². The molecule has 198 valence electrons. The van der Waals surface area contributed by atoms with Crippen LogP contribution in [0.4, 0.5) is 0 Å². The number of rotatable bonds is 8. The number of ether oxygens (including phenoxy) is 3. The van der Waals surface area contributed by atoms with E-state index >= 15 is 0 Å². The highest BCUT2D eigenvalue weighted by atomic mass is 16.5. The Morgan fingerprint density at radius 1 is 0.919 bits per heavy atom. The summed E-state index contributed by atoms with van der Waals surface area (Å²) in [5.41, 5.74) is -1.94. The minimum Gasteiger partial charge on any atom is -0.504 e. The molecule has 0 aromatic heterocycles. The molecule has 1 aliphatic carbocycles. The lowest BCUT2D eigenvalue weighted by Crippen LogP contribution is -2.55. The molecule has 4 atom stereocenters. The van der Waals surface area contributed by atoms with Gasteiger partial charge in [-0.05, 0) is 48.7 Å². The molecule has 0 spiro atoms. The third kappa shape index (κ3) is 5.52. The molecule has 3 rings (SSSR count). The quantitative estimate of drug-likeness (QED) is 0.149. The van der Waals surface area contributed by atoms with E-state index in [2.05, 4.69) is 0 Å². The number of aliphatic hydroxyl groups is 2. The molecule has 0 unspecified atom stereocenters. The number of Topliss-reactive ketones (excluding diaryl/α,β-unsaturated/α-hetero) is 1. The molecule has 5 N–H and O–H groups in total. The van der Waals surface area contributed by atoms with Crippen molar-refractivity contribution in [2.75, 3.05) is 21.3 Å². The van der Waals surface area contributed by atoms with Gasteiger partial charge < -0.3 is 39.7 Å². The highest BCUT2D eigenvalue weighted by Gasteiger charge is 2.53. The van der Waals surface area contributed by atoms with Crippen molar-refractivity contribution in [1.29, 1.82) is 0 Å². The second kappa shape index (κ2) is 10.9. The number of aliphatic hydroxyl groups excluding tert-OH is 1. The maximum atomic E-state index is 13.5. The van der Waals surface area contributed by atoms with E-state index in [-0.39, 0.29) is 28.6 Å². The summed E-state index contributed by atoms with van der Waals surface area (Å²) in [6, 6.07) is 6.29. The molecular formula is C26H28O11. The van der Waals surface area contributed by atoms with Crippen LogP contribution in [-0.4, -0.2) is 76.1 Å². The van der Waals surface area contributed by atoms with Crippen molar-refractivity contribution >= 4 is 23.6 Å². The van der Waals surface area contributed by atoms with Crippen LogP contribution in [0.2, 0.25) is 0 Å². The van der Waals surface area contributed by atoms with Crippen LogP contribution in [0.15, 0.2) is 36.4 Å². The Balaban J connectivity index is 1.98. The van der Waals surface area contributed by atoms with Crippen LogP contribution >= 0.6 is 0 Å². The Morgan fingerprint density at radius 3 is 2.05 bits per heavy atom. The van der Waals surface area contributed by atoms with Gasteiger partial charge in [-0.25, -0.2) is 4.79 Å². The third-order valence-corrected chi connectivity index (χ3v) is 6.41. The summed E-state index contributed by atoms with van der Waals surface area (Å²) < 4.78 is 14.8. The van der Waals surface area contributed by atoms with Gasteiger partial charge in [0.15, 0.2) is 40.2 Å². The summed E-state index contributed by atoms with van der Waals surface area (Å²) in [6.45, 7) is 0. The van der Waals surface area contributed by atoms with E-state index in [0.29, 0.717) is 5.56 Å². The Hall–Kier alpha value is -4.09. The number of phenolic OH excluding ortho intramolecular Hbond substituents is 3. The molecule has 2 aromatic carbocycles. The molecule has 11 heteroatoms. The van der Waals surface area contributed by atoms with Crippen LogP contribution in [0.25, 0.3) is 6.08 Å². The molecule has 37 heavy (non-hydrogen) atoms. The fraction of sp³-hybridized carbons (Fsp3) is 0.346. The molecule has 1 aliphatic rings. The van der Waals surface area contributed by atoms with Crippen molar-refractivity contribution in [2.24, 2.45) is 11.8 Å². The molecule has 0 heterocycles. The fourth-order valence-corrected chi connectivity index (χ4v) is 4.40. The molecule has 0 bridgehead atoms. The first kappa shape index (κ1) is 27.5. The second-order valence-corrected chi connectivity index (χ2v) is 8.71. The van der Waals surface area contributed by atoms with E-state index in [4.69, 9.17) is 14.2 Å². The highest BCUT2D eigenvalue weighted by molar-refractivity contribution is 6.02. The van der Waals surface area contributed by atoms with Crippen molar-refractivity contribution in [3.8, 4) is 28.7 Å². The van der Waals surface area contributed by atoms with Gasteiger partial charge in [0, 0.05) is 5.56 Å². The molecule has 0 saturated heterocycles. The lowest BCUT2D eigenvalue weighted by atomic mass is 9.67.